The molecule has 0 aromatic carbocycles. The van der Waals surface area contributed by atoms with Crippen molar-refractivity contribution in [2.24, 2.45) is 5.41 Å². The second kappa shape index (κ2) is 7.72. The number of amides is 1. The van der Waals surface area contributed by atoms with Gasteiger partial charge in [0.15, 0.2) is 0 Å². The zero-order chi connectivity index (χ0) is 11.7. The minimum Gasteiger partial charge on any atom is -0.356 e. The minimum absolute atomic E-state index is 0.202. The van der Waals surface area contributed by atoms with Crippen LogP contribution in [-0.4, -0.2) is 12.5 Å². The number of carbonyl (C=O) groups is 1. The molecule has 2 heteroatoms. The van der Waals surface area contributed by atoms with Gasteiger partial charge in [0.2, 0.25) is 5.91 Å². The topological polar surface area (TPSA) is 29.1 Å². The van der Waals surface area contributed by atoms with Gasteiger partial charge in [0, 0.05) is 13.0 Å². The first-order valence-corrected chi connectivity index (χ1v) is 6.22. The van der Waals surface area contributed by atoms with Crippen LogP contribution < -0.4 is 5.32 Å². The van der Waals surface area contributed by atoms with Gasteiger partial charge in [0.1, 0.15) is 0 Å². The van der Waals surface area contributed by atoms with Crippen LogP contribution in [-0.2, 0) is 4.79 Å². The van der Waals surface area contributed by atoms with E-state index in [1.165, 1.54) is 25.7 Å². The van der Waals surface area contributed by atoms with Crippen molar-refractivity contribution >= 4 is 5.91 Å². The zero-order valence-electron chi connectivity index (χ0n) is 10.9. The summed E-state index contributed by atoms with van der Waals surface area (Å²) in [7, 11) is 0. The molecule has 90 valence electrons. The van der Waals surface area contributed by atoms with Crippen molar-refractivity contribution in [1.82, 2.24) is 5.32 Å². The second-order valence-corrected chi connectivity index (χ2v) is 5.43. The first kappa shape index (κ1) is 14.5. The van der Waals surface area contributed by atoms with Crippen LogP contribution >= 0.6 is 0 Å². The van der Waals surface area contributed by atoms with E-state index in [0.29, 0.717) is 11.8 Å². The van der Waals surface area contributed by atoms with Crippen molar-refractivity contribution in [3.8, 4) is 0 Å². The first-order valence-electron chi connectivity index (χ1n) is 6.22. The van der Waals surface area contributed by atoms with Gasteiger partial charge in [-0.3, -0.25) is 4.79 Å². The molecule has 0 radical (unpaired) electrons. The molecule has 0 bridgehead atoms. The molecule has 2 nitrogen and oxygen atoms in total. The Labute approximate surface area is 94.8 Å². The van der Waals surface area contributed by atoms with Gasteiger partial charge < -0.3 is 5.32 Å². The van der Waals surface area contributed by atoms with Crippen LogP contribution in [0.4, 0.5) is 0 Å². The van der Waals surface area contributed by atoms with E-state index in [9.17, 15) is 4.79 Å². The van der Waals surface area contributed by atoms with E-state index in [1.807, 2.05) is 6.92 Å². The largest absolute Gasteiger partial charge is 0.356 e. The molecule has 1 N–H and O–H groups in total. The molecule has 0 rings (SSSR count). The van der Waals surface area contributed by atoms with Crippen molar-refractivity contribution in [2.45, 2.75) is 66.2 Å². The molecular weight excluding hydrogens is 186 g/mol. The van der Waals surface area contributed by atoms with E-state index in [4.69, 9.17) is 0 Å². The highest BCUT2D eigenvalue weighted by molar-refractivity contribution is 5.75. The minimum atomic E-state index is 0.202. The lowest BCUT2D eigenvalue weighted by Gasteiger charge is -2.17. The smallest absolute Gasteiger partial charge is 0.219 e. The molecule has 0 heterocycles. The first-order chi connectivity index (χ1) is 6.95. The highest BCUT2D eigenvalue weighted by atomic mass is 16.1. The molecule has 0 fully saturated rings. The average molecular weight is 213 g/mol. The maximum absolute atomic E-state index is 11.1. The lowest BCUT2D eigenvalue weighted by molar-refractivity contribution is -0.121. The van der Waals surface area contributed by atoms with Crippen molar-refractivity contribution < 1.29 is 4.79 Å². The molecule has 0 aliphatic carbocycles. The van der Waals surface area contributed by atoms with Crippen molar-refractivity contribution in [1.29, 1.82) is 0 Å². The Morgan fingerprint density at radius 2 is 1.67 bits per heavy atom. The quantitative estimate of drug-likeness (QED) is 0.644. The molecule has 0 atom stereocenters. The SMILES string of the molecule is CCNC(=O)CCCCCCC(C)(C)C. The van der Waals surface area contributed by atoms with Gasteiger partial charge >= 0.3 is 0 Å². The Kier molecular flexibility index (Phi) is 7.45. The third kappa shape index (κ3) is 11.4. The lowest BCUT2D eigenvalue weighted by atomic mass is 9.89. The molecule has 0 unspecified atom stereocenters. The van der Waals surface area contributed by atoms with E-state index < -0.39 is 0 Å². The normalized spacial score (nSPS) is 11.5. The molecule has 0 aliphatic rings. The summed E-state index contributed by atoms with van der Waals surface area (Å²) < 4.78 is 0. The van der Waals surface area contributed by atoms with Gasteiger partial charge in [-0.2, -0.15) is 0 Å². The number of hydrogen-bond donors (Lipinski definition) is 1. The zero-order valence-corrected chi connectivity index (χ0v) is 10.9. The Balaban J connectivity index is 3.22. The van der Waals surface area contributed by atoms with Crippen LogP contribution in [0.15, 0.2) is 0 Å². The van der Waals surface area contributed by atoms with Crippen LogP contribution in [0.5, 0.6) is 0 Å². The predicted octanol–water partition coefficient (Wildman–Crippen LogP) is 3.51. The molecule has 0 aromatic heterocycles. The number of carbonyl (C=O) groups excluding carboxylic acids is 1. The van der Waals surface area contributed by atoms with Gasteiger partial charge in [0.25, 0.3) is 0 Å². The Morgan fingerprint density at radius 1 is 1.07 bits per heavy atom. The van der Waals surface area contributed by atoms with E-state index in [2.05, 4.69) is 26.1 Å². The van der Waals surface area contributed by atoms with E-state index in [0.717, 1.165) is 13.0 Å². The second-order valence-electron chi connectivity index (χ2n) is 5.43. The van der Waals surface area contributed by atoms with E-state index >= 15 is 0 Å². The average Bonchev–Trinajstić information content (AvgIpc) is 2.09. The fraction of sp³-hybridized carbons (Fsp3) is 0.923. The molecular formula is C13H27NO. The molecule has 0 saturated heterocycles. The lowest BCUT2D eigenvalue weighted by Crippen LogP contribution is -2.21. The summed E-state index contributed by atoms with van der Waals surface area (Å²) in [5, 5.41) is 2.82. The highest BCUT2D eigenvalue weighted by Crippen LogP contribution is 2.22. The van der Waals surface area contributed by atoms with E-state index in [-0.39, 0.29) is 5.91 Å². The number of hydrogen-bond acceptors (Lipinski definition) is 1. The number of nitrogens with one attached hydrogen (secondary N) is 1. The van der Waals surface area contributed by atoms with Crippen LogP contribution in [0.25, 0.3) is 0 Å². The van der Waals surface area contributed by atoms with Gasteiger partial charge in [0.05, 0.1) is 0 Å². The summed E-state index contributed by atoms with van der Waals surface area (Å²) in [5.74, 6) is 0.202. The van der Waals surface area contributed by atoms with Gasteiger partial charge in [-0.05, 0) is 25.2 Å². The van der Waals surface area contributed by atoms with Gasteiger partial charge in [-0.1, -0.05) is 40.0 Å². The van der Waals surface area contributed by atoms with Crippen molar-refractivity contribution in [2.75, 3.05) is 6.54 Å². The standard InChI is InChI=1S/C13H27NO/c1-5-14-12(15)10-8-6-7-9-11-13(2,3)4/h5-11H2,1-4H3,(H,14,15). The molecule has 15 heavy (non-hydrogen) atoms. The fourth-order valence-corrected chi connectivity index (χ4v) is 1.58. The number of unbranched alkanes of at least 4 members (excludes halogenated alkanes) is 3. The summed E-state index contributed by atoms with van der Waals surface area (Å²) in [6.07, 6.45) is 6.76. The van der Waals surface area contributed by atoms with Crippen molar-refractivity contribution in [3.05, 3.63) is 0 Å². The van der Waals surface area contributed by atoms with Crippen LogP contribution in [0.3, 0.4) is 0 Å². The Morgan fingerprint density at radius 3 is 2.20 bits per heavy atom. The highest BCUT2D eigenvalue weighted by Gasteiger charge is 2.08. The molecule has 0 spiro atoms. The Hall–Kier alpha value is -0.530. The summed E-state index contributed by atoms with van der Waals surface area (Å²) >= 11 is 0. The summed E-state index contributed by atoms with van der Waals surface area (Å²) in [4.78, 5) is 11.1. The van der Waals surface area contributed by atoms with Gasteiger partial charge in [-0.15, -0.1) is 0 Å². The predicted molar refractivity (Wildman–Crippen MR) is 65.8 cm³/mol. The van der Waals surface area contributed by atoms with Gasteiger partial charge in [-0.25, -0.2) is 0 Å². The summed E-state index contributed by atoms with van der Waals surface area (Å²) in [5.41, 5.74) is 0.458. The van der Waals surface area contributed by atoms with E-state index in [1.54, 1.807) is 0 Å². The summed E-state index contributed by atoms with van der Waals surface area (Å²) in [6, 6.07) is 0. The maximum Gasteiger partial charge on any atom is 0.219 e. The molecule has 0 aromatic rings. The summed E-state index contributed by atoms with van der Waals surface area (Å²) in [6.45, 7) is 9.55. The van der Waals surface area contributed by atoms with Crippen LogP contribution in [0, 0.1) is 5.41 Å². The molecule has 0 aliphatic heterocycles. The third-order valence-electron chi connectivity index (χ3n) is 2.45. The van der Waals surface area contributed by atoms with Crippen molar-refractivity contribution in [3.63, 3.8) is 0 Å². The maximum atomic E-state index is 11.1. The number of rotatable bonds is 7. The molecule has 0 saturated carbocycles. The Bertz CT molecular complexity index is 170. The molecule has 1 amide bonds. The fourth-order valence-electron chi connectivity index (χ4n) is 1.58. The third-order valence-corrected chi connectivity index (χ3v) is 2.45. The van der Waals surface area contributed by atoms with Crippen LogP contribution in [0.1, 0.15) is 66.2 Å². The monoisotopic (exact) mass is 213 g/mol. The van der Waals surface area contributed by atoms with Crippen LogP contribution in [0.2, 0.25) is 0 Å².